The number of aromatic hydroxyl groups is 1. The Morgan fingerprint density at radius 2 is 2.25 bits per heavy atom. The maximum atomic E-state index is 9.44. The van der Waals surface area contributed by atoms with Crippen LogP contribution in [0.2, 0.25) is 0 Å². The van der Waals surface area contributed by atoms with Crippen LogP contribution in [0.4, 0.5) is 0 Å². The number of aromatic nitrogens is 2. The lowest BCUT2D eigenvalue weighted by molar-refractivity contribution is 0.475. The highest BCUT2D eigenvalue weighted by Gasteiger charge is 2.10. The molecule has 2 rings (SSSR count). The van der Waals surface area contributed by atoms with Gasteiger partial charge in [0.05, 0.1) is 11.7 Å². The zero-order valence-corrected chi connectivity index (χ0v) is 9.17. The van der Waals surface area contributed by atoms with Gasteiger partial charge in [0.15, 0.2) is 0 Å². The molecule has 4 nitrogen and oxygen atoms in total. The third-order valence-corrected chi connectivity index (χ3v) is 2.57. The Kier molecular flexibility index (Phi) is 2.92. The van der Waals surface area contributed by atoms with Crippen molar-refractivity contribution in [2.24, 2.45) is 5.73 Å². The molecule has 0 spiro atoms. The van der Waals surface area contributed by atoms with E-state index < -0.39 is 0 Å². The van der Waals surface area contributed by atoms with Crippen LogP contribution in [0.5, 0.6) is 5.75 Å². The van der Waals surface area contributed by atoms with Gasteiger partial charge in [0, 0.05) is 18.3 Å². The Labute approximate surface area is 94.3 Å². The third-order valence-electron chi connectivity index (χ3n) is 2.57. The summed E-state index contributed by atoms with van der Waals surface area (Å²) in [6, 6.07) is 9.19. The van der Waals surface area contributed by atoms with Crippen molar-refractivity contribution >= 4 is 0 Å². The maximum absolute atomic E-state index is 9.44. The first-order valence-electron chi connectivity index (χ1n) is 5.25. The van der Waals surface area contributed by atoms with Crippen LogP contribution in [0.3, 0.4) is 0 Å². The lowest BCUT2D eigenvalue weighted by Crippen LogP contribution is -2.17. The van der Waals surface area contributed by atoms with Crippen LogP contribution >= 0.6 is 0 Å². The van der Waals surface area contributed by atoms with Gasteiger partial charge in [-0.1, -0.05) is 12.1 Å². The molecule has 1 aromatic carbocycles. The van der Waals surface area contributed by atoms with Gasteiger partial charge >= 0.3 is 0 Å². The summed E-state index contributed by atoms with van der Waals surface area (Å²) in [6.07, 6.45) is 1.74. The van der Waals surface area contributed by atoms with Crippen molar-refractivity contribution in [1.29, 1.82) is 0 Å². The summed E-state index contributed by atoms with van der Waals surface area (Å²) >= 11 is 0. The van der Waals surface area contributed by atoms with E-state index in [2.05, 4.69) is 5.10 Å². The van der Waals surface area contributed by atoms with Crippen LogP contribution in [-0.4, -0.2) is 21.4 Å². The van der Waals surface area contributed by atoms with E-state index in [9.17, 15) is 5.11 Å². The van der Waals surface area contributed by atoms with Gasteiger partial charge in [0.25, 0.3) is 0 Å². The van der Waals surface area contributed by atoms with Crippen molar-refractivity contribution < 1.29 is 5.11 Å². The number of nitrogens with zero attached hydrogens (tertiary/aromatic N) is 2. The average molecular weight is 217 g/mol. The summed E-state index contributed by atoms with van der Waals surface area (Å²) in [5.41, 5.74) is 7.54. The number of nitrogens with two attached hydrogens (primary N) is 1. The van der Waals surface area contributed by atoms with Crippen LogP contribution in [-0.2, 0) is 0 Å². The van der Waals surface area contributed by atoms with E-state index in [4.69, 9.17) is 5.73 Å². The summed E-state index contributed by atoms with van der Waals surface area (Å²) in [7, 11) is 0. The fourth-order valence-corrected chi connectivity index (χ4v) is 1.66. The topological polar surface area (TPSA) is 64.1 Å². The lowest BCUT2D eigenvalue weighted by atomic mass is 10.1. The van der Waals surface area contributed by atoms with Gasteiger partial charge in [-0.25, -0.2) is 0 Å². The van der Waals surface area contributed by atoms with E-state index >= 15 is 0 Å². The largest absolute Gasteiger partial charge is 0.508 e. The number of hydrogen-bond donors (Lipinski definition) is 2. The van der Waals surface area contributed by atoms with Crippen LogP contribution < -0.4 is 5.73 Å². The molecule has 0 aliphatic carbocycles. The Bertz CT molecular complexity index is 479. The molecule has 4 heteroatoms. The molecule has 0 aliphatic heterocycles. The van der Waals surface area contributed by atoms with Crippen molar-refractivity contribution in [3.63, 3.8) is 0 Å². The minimum Gasteiger partial charge on any atom is -0.508 e. The Hall–Kier alpha value is -1.81. The summed E-state index contributed by atoms with van der Waals surface area (Å²) < 4.78 is 1.87. The highest BCUT2D eigenvalue weighted by molar-refractivity contribution is 5.61. The van der Waals surface area contributed by atoms with Crippen molar-refractivity contribution in [3.05, 3.63) is 36.5 Å². The molecule has 1 atom stereocenters. The summed E-state index contributed by atoms with van der Waals surface area (Å²) in [6.45, 7) is 2.55. The van der Waals surface area contributed by atoms with Gasteiger partial charge in [0.2, 0.25) is 0 Å². The minimum atomic E-state index is 0.146. The quantitative estimate of drug-likeness (QED) is 0.823. The van der Waals surface area contributed by atoms with E-state index in [-0.39, 0.29) is 11.8 Å². The van der Waals surface area contributed by atoms with Gasteiger partial charge in [-0.15, -0.1) is 0 Å². The zero-order valence-electron chi connectivity index (χ0n) is 9.17. The standard InChI is InChI=1S/C12H15N3O/c1-9(8-13)15-12(5-6-14-15)10-3-2-4-11(16)7-10/h2-7,9,16H,8,13H2,1H3. The number of phenols is 1. The van der Waals surface area contributed by atoms with Gasteiger partial charge in [-0.3, -0.25) is 4.68 Å². The van der Waals surface area contributed by atoms with Gasteiger partial charge < -0.3 is 10.8 Å². The molecule has 1 unspecified atom stereocenters. The molecular weight excluding hydrogens is 202 g/mol. The van der Waals surface area contributed by atoms with Crippen LogP contribution in [0.1, 0.15) is 13.0 Å². The lowest BCUT2D eigenvalue weighted by Gasteiger charge is -2.13. The van der Waals surface area contributed by atoms with E-state index in [1.54, 1.807) is 18.3 Å². The van der Waals surface area contributed by atoms with Crippen LogP contribution in [0.15, 0.2) is 36.5 Å². The Morgan fingerprint density at radius 1 is 1.44 bits per heavy atom. The van der Waals surface area contributed by atoms with Crippen LogP contribution in [0.25, 0.3) is 11.3 Å². The molecule has 0 saturated heterocycles. The normalized spacial score (nSPS) is 12.6. The number of rotatable bonds is 3. The molecule has 1 aromatic heterocycles. The smallest absolute Gasteiger partial charge is 0.116 e. The molecule has 0 saturated carbocycles. The van der Waals surface area contributed by atoms with Gasteiger partial charge in [0.1, 0.15) is 5.75 Å². The monoisotopic (exact) mass is 217 g/mol. The van der Waals surface area contributed by atoms with E-state index in [1.165, 1.54) is 0 Å². The van der Waals surface area contributed by atoms with Crippen LogP contribution in [0, 0.1) is 0 Å². The van der Waals surface area contributed by atoms with Crippen molar-refractivity contribution in [1.82, 2.24) is 9.78 Å². The van der Waals surface area contributed by atoms with Gasteiger partial charge in [-0.2, -0.15) is 5.10 Å². The predicted octanol–water partition coefficient (Wildman–Crippen LogP) is 1.78. The Balaban J connectivity index is 2.44. The maximum Gasteiger partial charge on any atom is 0.116 e. The molecule has 16 heavy (non-hydrogen) atoms. The summed E-state index contributed by atoms with van der Waals surface area (Å²) in [5, 5.41) is 13.7. The highest BCUT2D eigenvalue weighted by Crippen LogP contribution is 2.24. The first kappa shape index (κ1) is 10.7. The molecule has 84 valence electrons. The molecular formula is C12H15N3O. The van der Waals surface area contributed by atoms with Crippen molar-refractivity contribution in [2.75, 3.05) is 6.54 Å². The molecule has 2 aromatic rings. The molecule has 0 radical (unpaired) electrons. The third kappa shape index (κ3) is 1.92. The van der Waals surface area contributed by atoms with Gasteiger partial charge in [-0.05, 0) is 25.1 Å². The molecule has 0 aliphatic rings. The zero-order chi connectivity index (χ0) is 11.5. The molecule has 0 bridgehead atoms. The van der Waals surface area contributed by atoms with E-state index in [0.29, 0.717) is 6.54 Å². The number of hydrogen-bond acceptors (Lipinski definition) is 3. The molecule has 0 fully saturated rings. The minimum absolute atomic E-state index is 0.146. The SMILES string of the molecule is CC(CN)n1nccc1-c1cccc(O)c1. The molecule has 0 amide bonds. The summed E-state index contributed by atoms with van der Waals surface area (Å²) in [4.78, 5) is 0. The van der Waals surface area contributed by atoms with Crippen molar-refractivity contribution in [3.8, 4) is 17.0 Å². The number of benzene rings is 1. The second-order valence-corrected chi connectivity index (χ2v) is 3.80. The summed E-state index contributed by atoms with van der Waals surface area (Å²) in [5.74, 6) is 0.255. The molecule has 3 N–H and O–H groups in total. The van der Waals surface area contributed by atoms with E-state index in [1.807, 2.05) is 29.8 Å². The number of phenolic OH excluding ortho intramolecular Hbond substituents is 1. The van der Waals surface area contributed by atoms with Crippen molar-refractivity contribution in [2.45, 2.75) is 13.0 Å². The molecule has 1 heterocycles. The fourth-order valence-electron chi connectivity index (χ4n) is 1.66. The second kappa shape index (κ2) is 4.37. The highest BCUT2D eigenvalue weighted by atomic mass is 16.3. The predicted molar refractivity (Wildman–Crippen MR) is 63.1 cm³/mol. The first-order valence-corrected chi connectivity index (χ1v) is 5.25. The van der Waals surface area contributed by atoms with E-state index in [0.717, 1.165) is 11.3 Å². The average Bonchev–Trinajstić information content (AvgIpc) is 2.77. The second-order valence-electron chi connectivity index (χ2n) is 3.80. The Morgan fingerprint density at radius 3 is 2.94 bits per heavy atom. The fraction of sp³-hybridized carbons (Fsp3) is 0.250. The first-order chi connectivity index (χ1) is 7.72.